The van der Waals surface area contributed by atoms with Crippen LogP contribution in [0.5, 0.6) is 11.5 Å². The number of benzene rings is 3. The number of fused-ring (bicyclic) bond motifs is 2. The minimum atomic E-state index is -0.240. The summed E-state index contributed by atoms with van der Waals surface area (Å²) in [6.45, 7) is 0.827. The zero-order valence-corrected chi connectivity index (χ0v) is 16.8. The van der Waals surface area contributed by atoms with Gasteiger partial charge in [0.25, 0.3) is 0 Å². The smallest absolute Gasteiger partial charge is 0.231 e. The lowest BCUT2D eigenvalue weighted by atomic mass is 10.2. The molecule has 0 atom stereocenters. The van der Waals surface area contributed by atoms with Gasteiger partial charge in [-0.3, -0.25) is 0 Å². The first-order chi connectivity index (χ1) is 14.2. The number of para-hydroxylation sites is 2. The summed E-state index contributed by atoms with van der Waals surface area (Å²) >= 11 is 8.03. The standard InChI is InChI=1S/C22H16ClFN2O2S/c23-17-10-21-20(27-13-28-21)9-15(17)12-29-22-25-18-3-1-2-4-19(18)26(22)11-14-5-7-16(24)8-6-14/h1-10H,11-13H2. The first-order valence-corrected chi connectivity index (χ1v) is 10.4. The molecular weight excluding hydrogens is 411 g/mol. The van der Waals surface area contributed by atoms with Gasteiger partial charge in [0.2, 0.25) is 6.79 Å². The third-order valence-electron chi connectivity index (χ3n) is 4.77. The van der Waals surface area contributed by atoms with Gasteiger partial charge in [0.15, 0.2) is 16.7 Å². The highest BCUT2D eigenvalue weighted by molar-refractivity contribution is 7.98. The zero-order chi connectivity index (χ0) is 19.8. The van der Waals surface area contributed by atoms with E-state index in [4.69, 9.17) is 26.1 Å². The summed E-state index contributed by atoms with van der Waals surface area (Å²) < 4.78 is 26.3. The van der Waals surface area contributed by atoms with E-state index in [9.17, 15) is 4.39 Å². The molecule has 0 amide bonds. The molecule has 5 rings (SSSR count). The highest BCUT2D eigenvalue weighted by atomic mass is 35.5. The van der Waals surface area contributed by atoms with E-state index in [2.05, 4.69) is 4.57 Å². The van der Waals surface area contributed by atoms with Gasteiger partial charge in [-0.2, -0.15) is 0 Å². The van der Waals surface area contributed by atoms with Gasteiger partial charge in [-0.1, -0.05) is 47.6 Å². The lowest BCUT2D eigenvalue weighted by Crippen LogP contribution is -2.02. The van der Waals surface area contributed by atoms with E-state index < -0.39 is 0 Å². The molecule has 0 saturated carbocycles. The Balaban J connectivity index is 1.46. The van der Waals surface area contributed by atoms with Crippen LogP contribution in [0, 0.1) is 5.82 Å². The number of halogens is 2. The SMILES string of the molecule is Fc1ccc(Cn2c(SCc3cc4c(cc3Cl)OCO4)nc3ccccc32)cc1. The molecule has 2 heterocycles. The molecule has 4 nitrogen and oxygen atoms in total. The van der Waals surface area contributed by atoms with E-state index in [1.807, 2.05) is 30.3 Å². The van der Waals surface area contributed by atoms with E-state index in [1.54, 1.807) is 30.0 Å². The van der Waals surface area contributed by atoms with E-state index in [-0.39, 0.29) is 12.6 Å². The molecule has 0 unspecified atom stereocenters. The van der Waals surface area contributed by atoms with E-state index in [0.717, 1.165) is 27.3 Å². The number of thioether (sulfide) groups is 1. The third-order valence-corrected chi connectivity index (χ3v) is 6.15. The Bertz CT molecular complexity index is 1190. The molecule has 1 aromatic heterocycles. The lowest BCUT2D eigenvalue weighted by Gasteiger charge is -2.10. The molecular formula is C22H16ClFN2O2S. The van der Waals surface area contributed by atoms with Crippen molar-refractivity contribution in [2.45, 2.75) is 17.5 Å². The highest BCUT2D eigenvalue weighted by Gasteiger charge is 2.18. The summed E-state index contributed by atoms with van der Waals surface area (Å²) in [5.41, 5.74) is 3.93. The van der Waals surface area contributed by atoms with Crippen LogP contribution in [0.3, 0.4) is 0 Å². The van der Waals surface area contributed by atoms with Crippen molar-refractivity contribution < 1.29 is 13.9 Å². The average Bonchev–Trinajstić information content (AvgIpc) is 3.32. The molecule has 0 radical (unpaired) electrons. The predicted molar refractivity (Wildman–Crippen MR) is 112 cm³/mol. The zero-order valence-electron chi connectivity index (χ0n) is 15.3. The Labute approximate surface area is 176 Å². The second-order valence-corrected chi connectivity index (χ2v) is 8.03. The van der Waals surface area contributed by atoms with Gasteiger partial charge in [-0.15, -0.1) is 0 Å². The van der Waals surface area contributed by atoms with Crippen LogP contribution in [-0.4, -0.2) is 16.3 Å². The first kappa shape index (κ1) is 18.3. The van der Waals surface area contributed by atoms with Crippen molar-refractivity contribution in [3.05, 3.63) is 82.6 Å². The Kier molecular flexibility index (Phi) is 4.81. The quantitative estimate of drug-likeness (QED) is 0.372. The Hall–Kier alpha value is -2.70. The van der Waals surface area contributed by atoms with Crippen molar-refractivity contribution in [1.82, 2.24) is 9.55 Å². The average molecular weight is 427 g/mol. The molecule has 146 valence electrons. The maximum absolute atomic E-state index is 13.3. The van der Waals surface area contributed by atoms with Gasteiger partial charge in [-0.05, 0) is 41.5 Å². The molecule has 0 fully saturated rings. The van der Waals surface area contributed by atoms with Crippen LogP contribution in [0.1, 0.15) is 11.1 Å². The lowest BCUT2D eigenvalue weighted by molar-refractivity contribution is 0.174. The fraction of sp³-hybridized carbons (Fsp3) is 0.136. The van der Waals surface area contributed by atoms with Gasteiger partial charge in [-0.25, -0.2) is 9.37 Å². The van der Waals surface area contributed by atoms with Crippen molar-refractivity contribution in [3.8, 4) is 11.5 Å². The number of hydrogen-bond acceptors (Lipinski definition) is 4. The van der Waals surface area contributed by atoms with Crippen molar-refractivity contribution in [3.63, 3.8) is 0 Å². The van der Waals surface area contributed by atoms with Crippen LogP contribution in [0.2, 0.25) is 5.02 Å². The fourth-order valence-corrected chi connectivity index (χ4v) is 4.61. The van der Waals surface area contributed by atoms with Gasteiger partial charge in [0.05, 0.1) is 17.6 Å². The maximum atomic E-state index is 13.3. The third kappa shape index (κ3) is 3.66. The molecule has 4 aromatic rings. The van der Waals surface area contributed by atoms with Crippen molar-refractivity contribution in [2.24, 2.45) is 0 Å². The van der Waals surface area contributed by atoms with Crippen molar-refractivity contribution >= 4 is 34.4 Å². The van der Waals surface area contributed by atoms with Gasteiger partial charge in [0.1, 0.15) is 5.82 Å². The Morgan fingerprint density at radius 3 is 2.62 bits per heavy atom. The molecule has 1 aliphatic heterocycles. The monoisotopic (exact) mass is 426 g/mol. The number of aromatic nitrogens is 2. The summed E-state index contributed by atoms with van der Waals surface area (Å²) in [5.74, 6) is 1.79. The van der Waals surface area contributed by atoms with E-state index in [0.29, 0.717) is 28.8 Å². The number of nitrogens with zero attached hydrogens (tertiary/aromatic N) is 2. The summed E-state index contributed by atoms with van der Waals surface area (Å²) in [5, 5.41) is 1.52. The molecule has 0 bridgehead atoms. The molecule has 3 aromatic carbocycles. The highest BCUT2D eigenvalue weighted by Crippen LogP contribution is 2.39. The minimum absolute atomic E-state index is 0.218. The van der Waals surface area contributed by atoms with Crippen molar-refractivity contribution in [1.29, 1.82) is 0 Å². The van der Waals surface area contributed by atoms with E-state index in [1.165, 1.54) is 12.1 Å². The van der Waals surface area contributed by atoms with Crippen LogP contribution in [0.15, 0.2) is 65.8 Å². The number of hydrogen-bond donors (Lipinski definition) is 0. The molecule has 0 aliphatic carbocycles. The van der Waals surface area contributed by atoms with Gasteiger partial charge < -0.3 is 14.0 Å². The molecule has 29 heavy (non-hydrogen) atoms. The molecule has 1 aliphatic rings. The van der Waals surface area contributed by atoms with Gasteiger partial charge >= 0.3 is 0 Å². The number of imidazole rings is 1. The summed E-state index contributed by atoms with van der Waals surface area (Å²) in [6, 6.07) is 18.3. The Morgan fingerprint density at radius 1 is 1.03 bits per heavy atom. The number of ether oxygens (including phenoxy) is 2. The minimum Gasteiger partial charge on any atom is -0.454 e. The molecule has 0 saturated heterocycles. The summed E-state index contributed by atoms with van der Waals surface area (Å²) in [6.07, 6.45) is 0. The predicted octanol–water partition coefficient (Wildman–Crippen LogP) is 5.90. The second kappa shape index (κ2) is 7.61. The normalized spacial score (nSPS) is 12.6. The molecule has 0 spiro atoms. The Morgan fingerprint density at radius 2 is 1.79 bits per heavy atom. The topological polar surface area (TPSA) is 36.3 Å². The van der Waals surface area contributed by atoms with Crippen LogP contribution >= 0.6 is 23.4 Å². The van der Waals surface area contributed by atoms with Crippen LogP contribution in [0.4, 0.5) is 4.39 Å². The van der Waals surface area contributed by atoms with Crippen molar-refractivity contribution in [2.75, 3.05) is 6.79 Å². The fourth-order valence-electron chi connectivity index (χ4n) is 3.30. The summed E-state index contributed by atoms with van der Waals surface area (Å²) in [4.78, 5) is 4.80. The van der Waals surface area contributed by atoms with Gasteiger partial charge in [0, 0.05) is 16.8 Å². The second-order valence-electron chi connectivity index (χ2n) is 6.68. The van der Waals surface area contributed by atoms with Crippen LogP contribution in [0.25, 0.3) is 11.0 Å². The number of rotatable bonds is 5. The first-order valence-electron chi connectivity index (χ1n) is 9.08. The van der Waals surface area contributed by atoms with E-state index >= 15 is 0 Å². The largest absolute Gasteiger partial charge is 0.454 e. The maximum Gasteiger partial charge on any atom is 0.231 e. The van der Waals surface area contributed by atoms with Crippen LogP contribution in [-0.2, 0) is 12.3 Å². The van der Waals surface area contributed by atoms with Crippen LogP contribution < -0.4 is 9.47 Å². The molecule has 7 heteroatoms. The summed E-state index contributed by atoms with van der Waals surface area (Å²) in [7, 11) is 0. The molecule has 0 N–H and O–H groups in total.